The molecule has 0 aromatic heterocycles. The zero-order valence-corrected chi connectivity index (χ0v) is 7.41. The highest BCUT2D eigenvalue weighted by Gasteiger charge is 2.06. The van der Waals surface area contributed by atoms with Gasteiger partial charge in [0.1, 0.15) is 0 Å². The first-order chi connectivity index (χ1) is 3.12. The van der Waals surface area contributed by atoms with Crippen LogP contribution in [0.3, 0.4) is 0 Å². The van der Waals surface area contributed by atoms with Crippen LogP contribution in [0.4, 0.5) is 0 Å². The molecule has 0 rings (SSSR count). The second-order valence-corrected chi connectivity index (χ2v) is 6.71. The molecule has 0 aliphatic rings. The molecule has 0 N–H and O–H groups in total. The average Bonchev–Trinajstić information content (AvgIpc) is 1.68. The van der Waals surface area contributed by atoms with Crippen LogP contribution in [-0.4, -0.2) is 0 Å². The molecule has 0 aromatic rings. The van der Waals surface area contributed by atoms with Crippen molar-refractivity contribution in [1.29, 1.82) is 0 Å². The molecule has 0 aliphatic carbocycles. The third-order valence-electron chi connectivity index (χ3n) is 0.206. The Balaban J connectivity index is 3.61. The molecule has 44 valence electrons. The molecule has 0 spiro atoms. The first kappa shape index (κ1) is 8.62. The van der Waals surface area contributed by atoms with Crippen LogP contribution in [0.15, 0.2) is 0 Å². The van der Waals surface area contributed by atoms with Gasteiger partial charge in [0, 0.05) is 0 Å². The van der Waals surface area contributed by atoms with Crippen molar-refractivity contribution in [2.45, 2.75) is 0 Å². The molecule has 2 nitrogen and oxygen atoms in total. The molecule has 0 radical (unpaired) electrons. The molecule has 0 heterocycles. The quantitative estimate of drug-likeness (QED) is 0.354. The minimum Gasteiger partial charge on any atom is -0.253 e. The fraction of sp³-hybridized carbons (Fsp3) is 0. The van der Waals surface area contributed by atoms with Gasteiger partial charge < -0.3 is 0 Å². The van der Waals surface area contributed by atoms with Crippen LogP contribution in [-0.2, 0) is 19.7 Å². The van der Waals surface area contributed by atoms with Crippen LogP contribution in [0, 0.1) is 0 Å². The lowest BCUT2D eigenvalue weighted by atomic mass is 15.8. The maximum Gasteiger partial charge on any atom is 0.266 e. The van der Waals surface area contributed by atoms with E-state index in [0.717, 1.165) is 0 Å². The molecule has 7 heavy (non-hydrogen) atoms. The van der Waals surface area contributed by atoms with Crippen molar-refractivity contribution in [3.63, 3.8) is 0 Å². The summed E-state index contributed by atoms with van der Waals surface area (Å²) in [6.07, 6.45) is 0. The molecular weight excluding hydrogens is 191 g/mol. The zero-order chi connectivity index (χ0) is 5.91. The first-order valence-electron chi connectivity index (χ1n) is 1.11. The van der Waals surface area contributed by atoms with Crippen molar-refractivity contribution < 1.29 is 7.94 Å². The Kier molecular flexibility index (Phi) is 4.44. The Bertz CT molecular complexity index is 81.7. The Morgan fingerprint density at radius 1 is 1.29 bits per heavy atom. The van der Waals surface area contributed by atoms with Crippen LogP contribution < -0.4 is 0 Å². The van der Waals surface area contributed by atoms with Gasteiger partial charge in [-0.15, -0.1) is 0 Å². The second-order valence-electron chi connectivity index (χ2n) is 0.632. The van der Waals surface area contributed by atoms with Gasteiger partial charge in [-0.2, -0.15) is 0 Å². The van der Waals surface area contributed by atoms with Gasteiger partial charge in [0.05, 0.1) is 0 Å². The smallest absolute Gasteiger partial charge is 0.253 e. The highest BCUT2D eigenvalue weighted by molar-refractivity contribution is 8.61. The number of hydrogen-bond donors (Lipinski definition) is 3. The molecule has 0 fully saturated rings. The van der Waals surface area contributed by atoms with Gasteiger partial charge in [-0.1, -0.05) is 12.2 Å². The van der Waals surface area contributed by atoms with E-state index in [2.05, 4.69) is 57.8 Å². The zero-order valence-electron chi connectivity index (χ0n) is 3.01. The number of hydrogen-bond acceptors (Lipinski definition) is 5. The number of thiol groups is 3. The molecule has 7 heteroatoms. The third-order valence-corrected chi connectivity index (χ3v) is 4.37. The SMILES string of the molecule is S=P(S)(OS)OS. The van der Waals surface area contributed by atoms with Crippen LogP contribution in [0.1, 0.15) is 0 Å². The van der Waals surface area contributed by atoms with E-state index < -0.39 is 5.69 Å². The topological polar surface area (TPSA) is 18.5 Å². The predicted octanol–water partition coefficient (Wildman–Crippen LogP) is 1.86. The molecule has 0 aliphatic heterocycles. The van der Waals surface area contributed by atoms with Crippen molar-refractivity contribution >= 4 is 55.6 Å². The lowest BCUT2D eigenvalue weighted by Crippen LogP contribution is -1.64. The highest BCUT2D eigenvalue weighted by Crippen LogP contribution is 2.55. The maximum atomic E-state index is 4.52. The van der Waals surface area contributed by atoms with Gasteiger partial charge in [0.2, 0.25) is 0 Å². The van der Waals surface area contributed by atoms with Gasteiger partial charge in [-0.05, 0) is 37.6 Å². The molecule has 0 unspecified atom stereocenters. The fourth-order valence-electron chi connectivity index (χ4n) is 0.0149. The molecule has 0 atom stereocenters. The van der Waals surface area contributed by atoms with Crippen molar-refractivity contribution in [3.05, 3.63) is 0 Å². The Morgan fingerprint density at radius 3 is 1.57 bits per heavy atom. The standard InChI is InChI=1S/H3O2PS4/c4-1-3(6,7)2-5/h4-5H,(H,6,7). The highest BCUT2D eigenvalue weighted by atomic mass is 32.9. The summed E-state index contributed by atoms with van der Waals surface area (Å²) >= 11 is 15.0. The van der Waals surface area contributed by atoms with Crippen LogP contribution in [0.5, 0.6) is 0 Å². The molecule has 0 bridgehead atoms. The van der Waals surface area contributed by atoms with Crippen molar-refractivity contribution in [2.24, 2.45) is 0 Å². The van der Waals surface area contributed by atoms with Crippen LogP contribution in [0.2, 0.25) is 0 Å². The van der Waals surface area contributed by atoms with E-state index in [1.165, 1.54) is 0 Å². The van der Waals surface area contributed by atoms with Crippen molar-refractivity contribution in [2.75, 3.05) is 0 Å². The number of rotatable bonds is 2. The summed E-state index contributed by atoms with van der Waals surface area (Å²) in [6.45, 7) is 0. The summed E-state index contributed by atoms with van der Waals surface area (Å²) in [6, 6.07) is 0. The Morgan fingerprint density at radius 2 is 1.57 bits per heavy atom. The van der Waals surface area contributed by atoms with E-state index in [9.17, 15) is 0 Å². The lowest BCUT2D eigenvalue weighted by Gasteiger charge is -2.04. The van der Waals surface area contributed by atoms with Crippen molar-refractivity contribution in [1.82, 2.24) is 0 Å². The molecule has 0 amide bonds. The fourth-order valence-corrected chi connectivity index (χ4v) is 0.402. The van der Waals surface area contributed by atoms with E-state index in [4.69, 9.17) is 0 Å². The van der Waals surface area contributed by atoms with Crippen LogP contribution in [0.25, 0.3) is 0 Å². The summed E-state index contributed by atoms with van der Waals surface area (Å²) in [5.74, 6) is 0. The van der Waals surface area contributed by atoms with E-state index in [1.54, 1.807) is 0 Å². The van der Waals surface area contributed by atoms with E-state index in [1.807, 2.05) is 0 Å². The van der Waals surface area contributed by atoms with E-state index >= 15 is 0 Å². The predicted molar refractivity (Wildman–Crippen MR) is 43.4 cm³/mol. The minimum absolute atomic E-state index is 2.40. The Hall–Kier alpha value is 1.62. The summed E-state index contributed by atoms with van der Waals surface area (Å²) in [5, 5.41) is 0. The first-order valence-corrected chi connectivity index (χ1v) is 5.63. The van der Waals surface area contributed by atoms with Gasteiger partial charge >= 0.3 is 0 Å². The summed E-state index contributed by atoms with van der Waals surface area (Å²) in [4.78, 5) is 0. The second kappa shape index (κ2) is 3.61. The van der Waals surface area contributed by atoms with E-state index in [0.29, 0.717) is 0 Å². The maximum absolute atomic E-state index is 4.52. The summed E-state index contributed by atoms with van der Waals surface area (Å²) in [5.41, 5.74) is -2.40. The molecular formula is H3O2PS4. The van der Waals surface area contributed by atoms with Gasteiger partial charge in [-0.25, -0.2) is 0 Å². The minimum atomic E-state index is -2.40. The van der Waals surface area contributed by atoms with Gasteiger partial charge in [0.25, 0.3) is 5.69 Å². The molecule has 0 saturated carbocycles. The van der Waals surface area contributed by atoms with Crippen molar-refractivity contribution in [3.8, 4) is 0 Å². The average molecular weight is 194 g/mol. The van der Waals surface area contributed by atoms with E-state index in [-0.39, 0.29) is 0 Å². The molecule has 0 saturated heterocycles. The van der Waals surface area contributed by atoms with Gasteiger partial charge in [0.15, 0.2) is 0 Å². The summed E-state index contributed by atoms with van der Waals surface area (Å²) < 4.78 is 8.55. The van der Waals surface area contributed by atoms with Gasteiger partial charge in [-0.3, -0.25) is 7.94 Å². The Labute approximate surface area is 63.5 Å². The normalized spacial score (nSPS) is 11.9. The van der Waals surface area contributed by atoms with Crippen LogP contribution >= 0.6 is 43.8 Å². The molecule has 0 aromatic carbocycles. The third kappa shape index (κ3) is 4.14. The largest absolute Gasteiger partial charge is 0.266 e. The summed E-state index contributed by atoms with van der Waals surface area (Å²) in [7, 11) is 0. The lowest BCUT2D eigenvalue weighted by molar-refractivity contribution is 0.614. The monoisotopic (exact) mass is 194 g/mol.